The third kappa shape index (κ3) is 25.8. The summed E-state index contributed by atoms with van der Waals surface area (Å²) in [6, 6.07) is -12.0. The summed E-state index contributed by atoms with van der Waals surface area (Å²) in [5.41, 5.74) is 26.9. The zero-order valence-corrected chi connectivity index (χ0v) is 50.5. The summed E-state index contributed by atoms with van der Waals surface area (Å²) >= 11 is 0. The van der Waals surface area contributed by atoms with Gasteiger partial charge in [-0.05, 0) is 76.0 Å². The molecule has 2 heterocycles. The molecule has 39 nitrogen and oxygen atoms in total. The van der Waals surface area contributed by atoms with Gasteiger partial charge in [-0.2, -0.15) is 0 Å². The molecule has 14 amide bonds. The van der Waals surface area contributed by atoms with Gasteiger partial charge in [-0.25, -0.2) is 4.57 Å². The molecule has 510 valence electrons. The SMILES string of the molecule is C[C@@H](O)[C@H](NC(=O)[C@@H](N)CO)C(=O)N[C@@H](CCC(=O)O)C(=O)N1CCC[C@H]1C(=O)N[C@@H](CCC(N)=O)C(=O)N[C@@H](Cc1ccc(OP(=O)(O)O)cc1)C(=O)N[C@@H](CCC(N)=O)C(=O)N1CCC[C@H]1C(=O)NCC(=O)N[C@@H](CCC(=O)O)C(=O)N[C@@H](CC(N)=O)C(N)=O. The van der Waals surface area contributed by atoms with Crippen molar-refractivity contribution in [2.24, 2.45) is 28.7 Å². The van der Waals surface area contributed by atoms with Crippen LogP contribution in [0, 0.1) is 0 Å². The van der Waals surface area contributed by atoms with Gasteiger partial charge < -0.3 is 106 Å². The van der Waals surface area contributed by atoms with Gasteiger partial charge in [-0.3, -0.25) is 86.5 Å². The minimum Gasteiger partial charge on any atom is -0.481 e. The van der Waals surface area contributed by atoms with Gasteiger partial charge in [-0.15, -0.1) is 0 Å². The maximum Gasteiger partial charge on any atom is 0.524 e. The van der Waals surface area contributed by atoms with Gasteiger partial charge in [0, 0.05) is 45.2 Å². The van der Waals surface area contributed by atoms with Crippen molar-refractivity contribution in [3.05, 3.63) is 29.8 Å². The number of aliphatic hydroxyl groups excluding tert-OH is 2. The second-order valence-electron chi connectivity index (χ2n) is 21.4. The van der Waals surface area contributed by atoms with Crippen LogP contribution in [0.5, 0.6) is 5.75 Å². The van der Waals surface area contributed by atoms with Crippen LogP contribution in [0.4, 0.5) is 0 Å². The second-order valence-corrected chi connectivity index (χ2v) is 22.6. The summed E-state index contributed by atoms with van der Waals surface area (Å²) in [7, 11) is -5.09. The fourth-order valence-electron chi connectivity index (χ4n) is 9.49. The Morgan fingerprint density at radius 3 is 1.49 bits per heavy atom. The number of nitrogens with two attached hydrogens (primary N) is 5. The maximum atomic E-state index is 14.6. The molecular formula is C52H78N15O24P. The number of nitrogens with zero attached hydrogens (tertiary/aromatic N) is 2. The van der Waals surface area contributed by atoms with Gasteiger partial charge >= 0.3 is 19.8 Å². The standard InChI is InChI=1S/C52H78N15O24P/c1-24(69)42(65-44(79)27(53)23-68)50(85)62-31(13-17-41(76)77)52(87)67-19-3-5-35(67)49(84)60-29(10-14-36(54)70)46(81)64-33(20-25-6-8-26(9-7-25)91-92(88,89)90)47(82)61-30(11-15-37(55)71)51(86)66-18-2-4-34(66)48(83)58-22-39(73)59-28(12-16-40(74)75)45(80)63-32(43(57)78)21-38(56)72/h6-9,24,27-35,42,68-69H,2-5,10-23,53H2,1H3,(H2,54,70)(H2,55,71)(H2,56,72)(H2,57,78)(H,58,83)(H,59,73)(H,60,84)(H,61,82)(H,62,85)(H,63,80)(H,64,81)(H,65,79)(H,74,75)(H,76,77)(H2,88,89,90)/t24-,27+,28+,29+,30+,31+,32+,33+,34+,35+,42+/m1/s1. The molecule has 92 heavy (non-hydrogen) atoms. The molecule has 40 heteroatoms. The summed E-state index contributed by atoms with van der Waals surface area (Å²) in [6.45, 7) is -1.00. The predicted molar refractivity (Wildman–Crippen MR) is 309 cm³/mol. The van der Waals surface area contributed by atoms with Crippen LogP contribution in [0.3, 0.4) is 0 Å². The molecule has 0 unspecified atom stereocenters. The van der Waals surface area contributed by atoms with Crippen molar-refractivity contribution in [3.63, 3.8) is 0 Å². The number of likely N-dealkylation sites (tertiary alicyclic amines) is 2. The van der Waals surface area contributed by atoms with Crippen LogP contribution in [0.15, 0.2) is 24.3 Å². The largest absolute Gasteiger partial charge is 0.524 e. The lowest BCUT2D eigenvalue weighted by Crippen LogP contribution is -2.61. The van der Waals surface area contributed by atoms with Crippen molar-refractivity contribution in [3.8, 4) is 5.75 Å². The fraction of sp³-hybridized carbons (Fsp3) is 0.577. The Morgan fingerprint density at radius 1 is 0.576 bits per heavy atom. The van der Waals surface area contributed by atoms with Gasteiger partial charge in [0.2, 0.25) is 82.7 Å². The van der Waals surface area contributed by atoms with Crippen LogP contribution >= 0.6 is 7.82 Å². The number of hydrogen-bond acceptors (Lipinski definition) is 21. The van der Waals surface area contributed by atoms with Crippen molar-refractivity contribution in [1.29, 1.82) is 0 Å². The highest BCUT2D eigenvalue weighted by Crippen LogP contribution is 2.37. The molecule has 2 aliphatic rings. The smallest absolute Gasteiger partial charge is 0.481 e. The number of rotatable bonds is 39. The van der Waals surface area contributed by atoms with E-state index in [4.69, 9.17) is 28.7 Å². The zero-order valence-electron chi connectivity index (χ0n) is 49.6. The van der Waals surface area contributed by atoms with E-state index in [1.165, 1.54) is 12.1 Å². The molecule has 3 rings (SSSR count). The van der Waals surface area contributed by atoms with Crippen molar-refractivity contribution in [2.75, 3.05) is 26.2 Å². The number of phosphoric ester groups is 1. The Labute approximate surface area is 523 Å². The van der Waals surface area contributed by atoms with E-state index in [9.17, 15) is 111 Å². The highest BCUT2D eigenvalue weighted by atomic mass is 31.2. The number of hydrogen-bond donors (Lipinski definition) is 19. The Bertz CT molecular complexity index is 2970. The molecule has 2 fully saturated rings. The number of aliphatic hydroxyl groups is 2. The zero-order chi connectivity index (χ0) is 69.3. The molecule has 2 saturated heterocycles. The van der Waals surface area contributed by atoms with Crippen LogP contribution in [0.2, 0.25) is 0 Å². The number of carbonyl (C=O) groups excluding carboxylic acids is 14. The Balaban J connectivity index is 1.96. The van der Waals surface area contributed by atoms with Crippen molar-refractivity contribution in [2.45, 2.75) is 163 Å². The molecule has 2 aliphatic heterocycles. The minimum absolute atomic E-state index is 0.0465. The molecule has 11 atom stereocenters. The molecule has 24 N–H and O–H groups in total. The van der Waals surface area contributed by atoms with E-state index in [2.05, 4.69) is 47.1 Å². The summed E-state index contributed by atoms with van der Waals surface area (Å²) in [6.07, 6.45) is -7.65. The molecule has 0 radical (unpaired) electrons. The second kappa shape index (κ2) is 36.4. The van der Waals surface area contributed by atoms with Crippen molar-refractivity contribution >= 4 is 102 Å². The molecule has 1 aromatic rings. The first kappa shape index (κ1) is 76.8. The summed E-state index contributed by atoms with van der Waals surface area (Å²) in [4.78, 5) is 229. The van der Waals surface area contributed by atoms with Gasteiger partial charge in [0.1, 0.15) is 66.2 Å². The van der Waals surface area contributed by atoms with Crippen LogP contribution < -0.4 is 75.7 Å². The van der Waals surface area contributed by atoms with Crippen LogP contribution in [0.25, 0.3) is 0 Å². The van der Waals surface area contributed by atoms with E-state index in [-0.39, 0.29) is 50.1 Å². The lowest BCUT2D eigenvalue weighted by Gasteiger charge is -2.31. The number of primary amides is 4. The topological polar surface area (TPSA) is 654 Å². The van der Waals surface area contributed by atoms with Gasteiger partial charge in [0.05, 0.1) is 25.7 Å². The number of nitrogens with one attached hydrogen (secondary N) is 8. The first-order chi connectivity index (χ1) is 43.0. The summed E-state index contributed by atoms with van der Waals surface area (Å²) in [5.74, 6) is -18.3. The average molecular weight is 1330 g/mol. The van der Waals surface area contributed by atoms with Crippen LogP contribution in [0.1, 0.15) is 96.0 Å². The van der Waals surface area contributed by atoms with Crippen molar-refractivity contribution < 1.29 is 116 Å². The van der Waals surface area contributed by atoms with Crippen molar-refractivity contribution in [1.82, 2.24) is 52.3 Å². The van der Waals surface area contributed by atoms with E-state index < -0.39 is 246 Å². The quantitative estimate of drug-likeness (QED) is 0.0272. The van der Waals surface area contributed by atoms with E-state index in [1.807, 2.05) is 0 Å². The monoisotopic (exact) mass is 1330 g/mol. The third-order valence-electron chi connectivity index (χ3n) is 14.1. The third-order valence-corrected chi connectivity index (χ3v) is 14.6. The molecule has 0 aliphatic carbocycles. The summed E-state index contributed by atoms with van der Waals surface area (Å²) in [5, 5.41) is 56.7. The van der Waals surface area contributed by atoms with E-state index in [0.717, 1.165) is 28.9 Å². The number of phosphoric acid groups is 1. The number of carboxylic acids is 2. The molecule has 0 bridgehead atoms. The lowest BCUT2D eigenvalue weighted by atomic mass is 10.0. The first-order valence-corrected chi connectivity index (χ1v) is 30.0. The molecule has 0 spiro atoms. The molecule has 1 aromatic carbocycles. The molecule has 0 saturated carbocycles. The molecule has 0 aromatic heterocycles. The average Bonchev–Trinajstić information content (AvgIpc) is 1.61. The van der Waals surface area contributed by atoms with Crippen LogP contribution in [-0.2, 0) is 87.7 Å². The number of carbonyl (C=O) groups is 16. The van der Waals surface area contributed by atoms with E-state index in [0.29, 0.717) is 0 Å². The lowest BCUT2D eigenvalue weighted by molar-refractivity contribution is -0.144. The maximum absolute atomic E-state index is 14.6. The van der Waals surface area contributed by atoms with Gasteiger partial charge in [0.15, 0.2) is 0 Å². The van der Waals surface area contributed by atoms with Gasteiger partial charge in [0.25, 0.3) is 0 Å². The first-order valence-electron chi connectivity index (χ1n) is 28.5. The molecular weight excluding hydrogens is 1250 g/mol. The Morgan fingerprint density at radius 2 is 1.02 bits per heavy atom. The summed E-state index contributed by atoms with van der Waals surface area (Å²) < 4.78 is 16.2. The number of carboxylic acid groups (broad SMARTS) is 2. The Hall–Kier alpha value is -9.43. The van der Waals surface area contributed by atoms with E-state index in [1.54, 1.807) is 0 Å². The predicted octanol–water partition coefficient (Wildman–Crippen LogP) is -9.49. The fourth-order valence-corrected chi connectivity index (χ4v) is 9.88. The van der Waals surface area contributed by atoms with Crippen LogP contribution in [-0.4, -0.2) is 227 Å². The number of amides is 14. The minimum atomic E-state index is -5.09. The number of aliphatic carboxylic acids is 2. The Kier molecular flexibility index (Phi) is 30.4. The van der Waals surface area contributed by atoms with Gasteiger partial charge in [-0.1, -0.05) is 12.1 Å². The highest BCUT2D eigenvalue weighted by molar-refractivity contribution is 7.46. The normalized spacial score (nSPS) is 17.4. The van der Waals surface area contributed by atoms with E-state index >= 15 is 0 Å². The number of benzene rings is 1. The highest BCUT2D eigenvalue weighted by Gasteiger charge is 2.42.